The van der Waals surface area contributed by atoms with E-state index in [-0.39, 0.29) is 6.61 Å². The van der Waals surface area contributed by atoms with Gasteiger partial charge in [-0.15, -0.1) is 6.58 Å². The zero-order valence-corrected chi connectivity index (χ0v) is 16.1. The van der Waals surface area contributed by atoms with E-state index in [4.69, 9.17) is 24.7 Å². The SMILES string of the molecule is C=C[C@@H](O)[C@@H](N)CO[C@@H]1OC(CO)[C@@H](O[C@@H]2OC(CO)[C@H](O)C(O)C2O)C(O)C1O. The van der Waals surface area contributed by atoms with E-state index >= 15 is 0 Å². The van der Waals surface area contributed by atoms with Gasteiger partial charge in [-0.2, -0.15) is 0 Å². The lowest BCUT2D eigenvalue weighted by Gasteiger charge is -2.46. The predicted molar refractivity (Wildman–Crippen MR) is 96.5 cm³/mol. The number of hydrogen-bond donors (Lipinski definition) is 9. The maximum Gasteiger partial charge on any atom is 0.187 e. The lowest BCUT2D eigenvalue weighted by Crippen LogP contribution is -2.64. The summed E-state index contributed by atoms with van der Waals surface area (Å²) < 4.78 is 21.3. The highest BCUT2D eigenvalue weighted by Crippen LogP contribution is 2.29. The zero-order chi connectivity index (χ0) is 22.6. The Hall–Kier alpha value is -0.780. The van der Waals surface area contributed by atoms with Gasteiger partial charge in [0.15, 0.2) is 12.6 Å². The first-order valence-corrected chi connectivity index (χ1v) is 9.42. The fourth-order valence-corrected chi connectivity index (χ4v) is 3.17. The second-order valence-electron chi connectivity index (χ2n) is 7.23. The molecule has 0 aromatic carbocycles. The molecule has 0 radical (unpaired) electrons. The molecule has 0 spiro atoms. The fourth-order valence-electron chi connectivity index (χ4n) is 3.17. The Balaban J connectivity index is 2.05. The Bertz CT molecular complexity index is 537. The monoisotopic (exact) mass is 441 g/mol. The molecule has 0 saturated carbocycles. The molecular weight excluding hydrogens is 410 g/mol. The van der Waals surface area contributed by atoms with Crippen LogP contribution in [0.4, 0.5) is 0 Å². The minimum Gasteiger partial charge on any atom is -0.394 e. The molecule has 6 unspecified atom stereocenters. The molecule has 13 nitrogen and oxygen atoms in total. The van der Waals surface area contributed by atoms with Crippen LogP contribution in [-0.4, -0.2) is 134 Å². The molecule has 2 aliphatic rings. The number of hydrogen-bond acceptors (Lipinski definition) is 13. The fraction of sp³-hybridized carbons (Fsp3) is 0.882. The van der Waals surface area contributed by atoms with Gasteiger partial charge in [0.25, 0.3) is 0 Å². The van der Waals surface area contributed by atoms with Gasteiger partial charge in [-0.05, 0) is 0 Å². The summed E-state index contributed by atoms with van der Waals surface area (Å²) in [5, 5.41) is 78.9. The van der Waals surface area contributed by atoms with Gasteiger partial charge in [-0.25, -0.2) is 0 Å². The van der Waals surface area contributed by atoms with E-state index in [0.717, 1.165) is 0 Å². The van der Waals surface area contributed by atoms with Gasteiger partial charge in [-0.3, -0.25) is 0 Å². The molecule has 0 bridgehead atoms. The van der Waals surface area contributed by atoms with Crippen molar-refractivity contribution in [2.45, 2.75) is 73.6 Å². The van der Waals surface area contributed by atoms with Crippen LogP contribution in [0.25, 0.3) is 0 Å². The maximum absolute atomic E-state index is 10.4. The highest BCUT2D eigenvalue weighted by atomic mass is 16.7. The maximum atomic E-state index is 10.4. The molecule has 2 heterocycles. The highest BCUT2D eigenvalue weighted by molar-refractivity contribution is 4.94. The minimum absolute atomic E-state index is 0.266. The minimum atomic E-state index is -1.75. The number of nitrogens with two attached hydrogens (primary N) is 1. The molecule has 13 heteroatoms. The number of aliphatic hydroxyl groups excluding tert-OH is 8. The van der Waals surface area contributed by atoms with Crippen molar-refractivity contribution < 1.29 is 59.8 Å². The van der Waals surface area contributed by atoms with Gasteiger partial charge in [-0.1, -0.05) is 6.08 Å². The van der Waals surface area contributed by atoms with Crippen molar-refractivity contribution in [3.8, 4) is 0 Å². The first kappa shape index (κ1) is 25.5. The molecule has 2 rings (SSSR count). The number of ether oxygens (including phenoxy) is 4. The van der Waals surface area contributed by atoms with Gasteiger partial charge >= 0.3 is 0 Å². The quantitative estimate of drug-likeness (QED) is 0.152. The van der Waals surface area contributed by atoms with Crippen molar-refractivity contribution in [3.05, 3.63) is 12.7 Å². The Morgan fingerprint density at radius 2 is 1.43 bits per heavy atom. The molecular formula is C17H31NO12. The molecule has 2 saturated heterocycles. The van der Waals surface area contributed by atoms with Crippen molar-refractivity contribution >= 4 is 0 Å². The van der Waals surface area contributed by atoms with E-state index in [1.165, 1.54) is 6.08 Å². The zero-order valence-electron chi connectivity index (χ0n) is 16.1. The normalized spacial score (nSPS) is 44.4. The molecule has 0 aromatic rings. The third-order valence-electron chi connectivity index (χ3n) is 5.09. The van der Waals surface area contributed by atoms with Crippen LogP contribution < -0.4 is 5.73 Å². The average molecular weight is 441 g/mol. The van der Waals surface area contributed by atoms with Crippen LogP contribution in [0.2, 0.25) is 0 Å². The van der Waals surface area contributed by atoms with E-state index in [0.29, 0.717) is 0 Å². The first-order chi connectivity index (χ1) is 14.2. The third-order valence-corrected chi connectivity index (χ3v) is 5.09. The van der Waals surface area contributed by atoms with Crippen LogP contribution in [0.1, 0.15) is 0 Å². The third kappa shape index (κ3) is 5.52. The molecule has 0 aliphatic carbocycles. The topological polar surface area (TPSA) is 225 Å². The molecule has 2 aliphatic heterocycles. The summed E-state index contributed by atoms with van der Waals surface area (Å²) >= 11 is 0. The van der Waals surface area contributed by atoms with Gasteiger partial charge in [0, 0.05) is 0 Å². The predicted octanol–water partition coefficient (Wildman–Crippen LogP) is -5.50. The van der Waals surface area contributed by atoms with Crippen molar-refractivity contribution in [1.29, 1.82) is 0 Å². The van der Waals surface area contributed by atoms with E-state index in [2.05, 4.69) is 6.58 Å². The lowest BCUT2D eigenvalue weighted by molar-refractivity contribution is -0.359. The smallest absolute Gasteiger partial charge is 0.187 e. The van der Waals surface area contributed by atoms with Crippen molar-refractivity contribution in [2.75, 3.05) is 19.8 Å². The molecule has 30 heavy (non-hydrogen) atoms. The summed E-state index contributed by atoms with van der Waals surface area (Å²) in [5.41, 5.74) is 5.68. The second-order valence-corrected chi connectivity index (χ2v) is 7.23. The van der Waals surface area contributed by atoms with Crippen LogP contribution in [0.3, 0.4) is 0 Å². The van der Waals surface area contributed by atoms with Crippen LogP contribution in [0.5, 0.6) is 0 Å². The van der Waals surface area contributed by atoms with Crippen molar-refractivity contribution in [2.24, 2.45) is 5.73 Å². The summed E-state index contributed by atoms with van der Waals surface area (Å²) in [6, 6.07) is -0.883. The Morgan fingerprint density at radius 1 is 0.867 bits per heavy atom. The lowest BCUT2D eigenvalue weighted by atomic mass is 9.97. The van der Waals surface area contributed by atoms with Gasteiger partial charge in [0.05, 0.1) is 32.0 Å². The standard InChI is InChI=1S/C17H31NO12/c1-2-7(21)6(18)5-27-16-14(26)12(24)15(9(4-20)29-16)30-17-13(25)11(23)10(22)8(3-19)28-17/h2,6-17,19-26H,1,3-5,18H2/t6-,7+,8?,9?,10-,11?,12?,13?,14?,15+,16+,17-/m0/s1. The summed E-state index contributed by atoms with van der Waals surface area (Å²) in [6.45, 7) is 1.74. The van der Waals surface area contributed by atoms with Gasteiger partial charge < -0.3 is 65.5 Å². The molecule has 176 valence electrons. The largest absolute Gasteiger partial charge is 0.394 e. The van der Waals surface area contributed by atoms with Crippen molar-refractivity contribution in [3.63, 3.8) is 0 Å². The number of aliphatic hydroxyl groups is 8. The Kier molecular flexibility index (Phi) is 9.51. The van der Waals surface area contributed by atoms with E-state index < -0.39 is 86.8 Å². The van der Waals surface area contributed by atoms with E-state index in [9.17, 15) is 40.9 Å². The molecule has 2 fully saturated rings. The molecule has 0 amide bonds. The summed E-state index contributed by atoms with van der Waals surface area (Å²) in [4.78, 5) is 0. The second kappa shape index (κ2) is 11.2. The van der Waals surface area contributed by atoms with Crippen LogP contribution in [-0.2, 0) is 18.9 Å². The number of rotatable bonds is 9. The van der Waals surface area contributed by atoms with Crippen LogP contribution >= 0.6 is 0 Å². The Morgan fingerprint density at radius 3 is 2.00 bits per heavy atom. The summed E-state index contributed by atoms with van der Waals surface area (Å²) in [6.07, 6.45) is -15.3. The van der Waals surface area contributed by atoms with Crippen LogP contribution in [0.15, 0.2) is 12.7 Å². The first-order valence-electron chi connectivity index (χ1n) is 9.42. The molecule has 12 atom stereocenters. The van der Waals surface area contributed by atoms with Crippen molar-refractivity contribution in [1.82, 2.24) is 0 Å². The average Bonchev–Trinajstić information content (AvgIpc) is 2.75. The van der Waals surface area contributed by atoms with Gasteiger partial charge in [0.1, 0.15) is 48.8 Å². The van der Waals surface area contributed by atoms with E-state index in [1.807, 2.05) is 0 Å². The summed E-state index contributed by atoms with van der Waals surface area (Å²) in [7, 11) is 0. The highest BCUT2D eigenvalue weighted by Gasteiger charge is 2.50. The Labute approximate surface area is 172 Å². The molecule has 10 N–H and O–H groups in total. The van der Waals surface area contributed by atoms with E-state index in [1.54, 1.807) is 0 Å². The molecule has 0 aromatic heterocycles. The van der Waals surface area contributed by atoms with Gasteiger partial charge in [0.2, 0.25) is 0 Å². The van der Waals surface area contributed by atoms with Crippen LogP contribution in [0, 0.1) is 0 Å². The summed E-state index contributed by atoms with van der Waals surface area (Å²) in [5.74, 6) is 0.